The van der Waals surface area contributed by atoms with Crippen molar-refractivity contribution in [1.82, 2.24) is 24.3 Å². The first-order chi connectivity index (χ1) is 7.33. The summed E-state index contributed by atoms with van der Waals surface area (Å²) >= 11 is 0. The van der Waals surface area contributed by atoms with E-state index in [2.05, 4.69) is 15.1 Å². The smallest absolute Gasteiger partial charge is 0.252 e. The molecule has 0 unspecified atom stereocenters. The third kappa shape index (κ3) is 1.86. The van der Waals surface area contributed by atoms with E-state index in [4.69, 9.17) is 5.26 Å². The maximum Gasteiger partial charge on any atom is 0.252 e. The molecule has 0 radical (unpaired) electrons. The zero-order valence-electron chi connectivity index (χ0n) is 8.33. The average molecular weight is 202 g/mol. The zero-order chi connectivity index (χ0) is 10.7. The van der Waals surface area contributed by atoms with Crippen LogP contribution >= 0.6 is 0 Å². The van der Waals surface area contributed by atoms with Crippen LogP contribution in [-0.2, 0) is 13.1 Å². The van der Waals surface area contributed by atoms with Gasteiger partial charge in [-0.3, -0.25) is 0 Å². The van der Waals surface area contributed by atoms with E-state index in [0.717, 1.165) is 12.4 Å². The molecule has 0 aliphatic heterocycles. The topological polar surface area (TPSA) is 72.3 Å². The first-order valence-electron chi connectivity index (χ1n) is 4.63. The van der Waals surface area contributed by atoms with Crippen molar-refractivity contribution in [2.24, 2.45) is 0 Å². The van der Waals surface area contributed by atoms with Gasteiger partial charge in [-0.1, -0.05) is 0 Å². The number of rotatable bonds is 3. The molecule has 0 saturated carbocycles. The number of hydrogen-bond donors (Lipinski definition) is 0. The van der Waals surface area contributed by atoms with Gasteiger partial charge >= 0.3 is 0 Å². The lowest BCUT2D eigenvalue weighted by molar-refractivity contribution is 0.604. The van der Waals surface area contributed by atoms with Gasteiger partial charge in [0.05, 0.1) is 0 Å². The van der Waals surface area contributed by atoms with Crippen LogP contribution in [0.3, 0.4) is 0 Å². The summed E-state index contributed by atoms with van der Waals surface area (Å²) in [5.74, 6) is 1.09. The second-order valence-electron chi connectivity index (χ2n) is 3.01. The van der Waals surface area contributed by atoms with Crippen LogP contribution in [0.1, 0.15) is 18.6 Å². The summed E-state index contributed by atoms with van der Waals surface area (Å²) in [4.78, 5) is 8.03. The summed E-state index contributed by atoms with van der Waals surface area (Å²) in [6.45, 7) is 3.46. The molecule has 0 atom stereocenters. The number of hydrogen-bond acceptors (Lipinski definition) is 4. The third-order valence-corrected chi connectivity index (χ3v) is 2.08. The summed E-state index contributed by atoms with van der Waals surface area (Å²) in [6, 6.07) is 1.89. The molecule has 0 fully saturated rings. The minimum atomic E-state index is 0.185. The second-order valence-corrected chi connectivity index (χ2v) is 3.01. The van der Waals surface area contributed by atoms with Gasteiger partial charge < -0.3 is 4.57 Å². The average Bonchev–Trinajstić information content (AvgIpc) is 2.87. The molecule has 0 aromatic carbocycles. The van der Waals surface area contributed by atoms with Gasteiger partial charge in [0.1, 0.15) is 24.8 Å². The van der Waals surface area contributed by atoms with Crippen LogP contribution in [0.5, 0.6) is 0 Å². The highest BCUT2D eigenvalue weighted by molar-refractivity contribution is 5.06. The number of aryl methyl sites for hydroxylation is 1. The Morgan fingerprint density at radius 3 is 3.00 bits per heavy atom. The van der Waals surface area contributed by atoms with Gasteiger partial charge in [-0.2, -0.15) is 5.26 Å². The molecule has 2 aromatic rings. The number of nitriles is 1. The molecular formula is C9H10N6. The van der Waals surface area contributed by atoms with Crippen LogP contribution in [0, 0.1) is 11.3 Å². The highest BCUT2D eigenvalue weighted by atomic mass is 15.3. The Labute approximate surface area is 86.8 Å². The molecule has 15 heavy (non-hydrogen) atoms. The molecule has 2 aromatic heterocycles. The second kappa shape index (κ2) is 3.92. The Bertz CT molecular complexity index is 489. The van der Waals surface area contributed by atoms with E-state index < -0.39 is 0 Å². The van der Waals surface area contributed by atoms with E-state index in [-0.39, 0.29) is 5.82 Å². The Morgan fingerprint density at radius 2 is 2.33 bits per heavy atom. The highest BCUT2D eigenvalue weighted by Crippen LogP contribution is 2.00. The van der Waals surface area contributed by atoms with Gasteiger partial charge in [0.2, 0.25) is 0 Å². The minimum Gasteiger partial charge on any atom is -0.334 e. The van der Waals surface area contributed by atoms with Gasteiger partial charge in [0, 0.05) is 18.9 Å². The van der Waals surface area contributed by atoms with Crippen molar-refractivity contribution in [3.63, 3.8) is 0 Å². The molecule has 6 nitrogen and oxygen atoms in total. The first kappa shape index (κ1) is 9.40. The third-order valence-electron chi connectivity index (χ3n) is 2.08. The molecule has 2 rings (SSSR count). The Morgan fingerprint density at radius 1 is 1.47 bits per heavy atom. The lowest BCUT2D eigenvalue weighted by atomic mass is 10.5. The van der Waals surface area contributed by atoms with Crippen molar-refractivity contribution in [3.8, 4) is 6.07 Å². The normalized spacial score (nSPS) is 10.1. The van der Waals surface area contributed by atoms with Crippen LogP contribution in [0.15, 0.2) is 18.7 Å². The minimum absolute atomic E-state index is 0.185. The lowest BCUT2D eigenvalue weighted by Gasteiger charge is -2.03. The quantitative estimate of drug-likeness (QED) is 0.722. The maximum absolute atomic E-state index is 8.57. The van der Waals surface area contributed by atoms with Crippen LogP contribution in [0.25, 0.3) is 0 Å². The number of imidazole rings is 1. The van der Waals surface area contributed by atoms with Crippen molar-refractivity contribution in [1.29, 1.82) is 5.26 Å². The fourth-order valence-electron chi connectivity index (χ4n) is 1.35. The van der Waals surface area contributed by atoms with E-state index in [1.165, 1.54) is 6.33 Å². The molecule has 0 spiro atoms. The fourth-order valence-corrected chi connectivity index (χ4v) is 1.35. The van der Waals surface area contributed by atoms with E-state index >= 15 is 0 Å². The van der Waals surface area contributed by atoms with Gasteiger partial charge in [-0.05, 0) is 6.92 Å². The van der Waals surface area contributed by atoms with E-state index in [1.807, 2.05) is 23.8 Å². The number of aromatic nitrogens is 5. The molecule has 0 aliphatic rings. The van der Waals surface area contributed by atoms with E-state index in [9.17, 15) is 0 Å². The lowest BCUT2D eigenvalue weighted by Crippen LogP contribution is -2.08. The zero-order valence-corrected chi connectivity index (χ0v) is 8.33. The summed E-state index contributed by atoms with van der Waals surface area (Å²) in [7, 11) is 0. The van der Waals surface area contributed by atoms with Gasteiger partial charge in [-0.25, -0.2) is 14.6 Å². The maximum atomic E-state index is 8.57. The van der Waals surface area contributed by atoms with Crippen LogP contribution in [-0.4, -0.2) is 24.3 Å². The Hall–Kier alpha value is -2.16. The molecule has 6 heteroatoms. The molecule has 0 saturated heterocycles. The molecule has 0 bridgehead atoms. The number of nitrogens with zero attached hydrogens (tertiary/aromatic N) is 6. The van der Waals surface area contributed by atoms with E-state index in [1.54, 1.807) is 10.9 Å². The Kier molecular flexibility index (Phi) is 2.46. The van der Waals surface area contributed by atoms with Crippen molar-refractivity contribution in [3.05, 3.63) is 30.4 Å². The Balaban J connectivity index is 2.18. The predicted octanol–water partition coefficient (Wildman–Crippen LogP) is 0.414. The van der Waals surface area contributed by atoms with Gasteiger partial charge in [0.25, 0.3) is 5.82 Å². The van der Waals surface area contributed by atoms with Crippen molar-refractivity contribution < 1.29 is 0 Å². The summed E-state index contributed by atoms with van der Waals surface area (Å²) in [5, 5.41) is 12.5. The van der Waals surface area contributed by atoms with Gasteiger partial charge in [-0.15, -0.1) is 5.10 Å². The standard InChI is InChI=1S/C9H10N6/c1-2-14-4-3-11-9(14)6-15-7-12-8(5-10)13-15/h3-4,7H,2,6H2,1H3. The van der Waals surface area contributed by atoms with Crippen molar-refractivity contribution >= 4 is 0 Å². The van der Waals surface area contributed by atoms with Crippen molar-refractivity contribution in [2.75, 3.05) is 0 Å². The molecule has 0 aliphatic carbocycles. The fraction of sp³-hybridized carbons (Fsp3) is 0.333. The molecule has 2 heterocycles. The monoisotopic (exact) mass is 202 g/mol. The van der Waals surface area contributed by atoms with Crippen LogP contribution in [0.4, 0.5) is 0 Å². The summed E-state index contributed by atoms with van der Waals surface area (Å²) in [6.07, 6.45) is 5.20. The molecule has 0 N–H and O–H groups in total. The summed E-state index contributed by atoms with van der Waals surface area (Å²) < 4.78 is 3.63. The van der Waals surface area contributed by atoms with Crippen LogP contribution in [0.2, 0.25) is 0 Å². The molecule has 76 valence electrons. The van der Waals surface area contributed by atoms with Gasteiger partial charge in [0.15, 0.2) is 0 Å². The van der Waals surface area contributed by atoms with E-state index in [0.29, 0.717) is 6.54 Å². The first-order valence-corrected chi connectivity index (χ1v) is 4.63. The SMILES string of the molecule is CCn1ccnc1Cn1cnc(C#N)n1. The summed E-state index contributed by atoms with van der Waals surface area (Å²) in [5.41, 5.74) is 0. The van der Waals surface area contributed by atoms with Crippen molar-refractivity contribution in [2.45, 2.75) is 20.0 Å². The largest absolute Gasteiger partial charge is 0.334 e. The molecule has 0 amide bonds. The highest BCUT2D eigenvalue weighted by Gasteiger charge is 2.04. The van der Waals surface area contributed by atoms with Crippen LogP contribution < -0.4 is 0 Å². The molecular weight excluding hydrogens is 192 g/mol. The predicted molar refractivity (Wildman–Crippen MR) is 51.7 cm³/mol.